The van der Waals surface area contributed by atoms with Crippen LogP contribution in [0.1, 0.15) is 19.3 Å². The topological polar surface area (TPSA) is 26.3 Å². The Kier molecular flexibility index (Phi) is 2.49. The van der Waals surface area contributed by atoms with Gasteiger partial charge in [-0.25, -0.2) is 0 Å². The van der Waals surface area contributed by atoms with E-state index in [2.05, 4.69) is 6.58 Å². The van der Waals surface area contributed by atoms with Crippen molar-refractivity contribution >= 4 is 5.97 Å². The summed E-state index contributed by atoms with van der Waals surface area (Å²) in [5, 5.41) is 0. The van der Waals surface area contributed by atoms with E-state index < -0.39 is 0 Å². The molecule has 0 aromatic rings. The average molecular weight is 140 g/mol. The maximum Gasteiger partial charge on any atom is 0.309 e. The molecule has 0 bridgehead atoms. The first-order chi connectivity index (χ1) is 4.84. The first-order valence-corrected chi connectivity index (χ1v) is 3.62. The number of hydrogen-bond donors (Lipinski definition) is 0. The van der Waals surface area contributed by atoms with Crippen LogP contribution >= 0.6 is 0 Å². The second kappa shape index (κ2) is 3.40. The van der Waals surface area contributed by atoms with Gasteiger partial charge in [-0.05, 0) is 19.3 Å². The maximum atomic E-state index is 10.8. The Bertz CT molecular complexity index is 140. The molecule has 0 aliphatic carbocycles. The molecular formula is C8H12O2. The lowest BCUT2D eigenvalue weighted by molar-refractivity contribution is -0.141. The molecule has 1 fully saturated rings. The number of esters is 1. The minimum Gasteiger partial charge on any atom is -0.465 e. The highest BCUT2D eigenvalue weighted by atomic mass is 16.5. The van der Waals surface area contributed by atoms with Crippen LogP contribution in [0.15, 0.2) is 12.7 Å². The van der Waals surface area contributed by atoms with Gasteiger partial charge in [-0.2, -0.15) is 0 Å². The summed E-state index contributed by atoms with van der Waals surface area (Å²) in [4.78, 5) is 10.8. The zero-order valence-electron chi connectivity index (χ0n) is 6.01. The molecule has 0 aromatic carbocycles. The minimum atomic E-state index is -0.0261. The molecule has 0 aromatic heterocycles. The van der Waals surface area contributed by atoms with Crippen molar-refractivity contribution in [3.63, 3.8) is 0 Å². The minimum absolute atomic E-state index is 0.0261. The predicted molar refractivity (Wildman–Crippen MR) is 38.5 cm³/mol. The number of cyclic esters (lactones) is 1. The zero-order valence-corrected chi connectivity index (χ0v) is 6.01. The normalized spacial score (nSPS) is 24.4. The summed E-state index contributed by atoms with van der Waals surface area (Å²) in [7, 11) is 0. The molecule has 1 rings (SSSR count). The SMILES string of the molecule is C=CCCC1CCOC1=O. The van der Waals surface area contributed by atoms with Crippen LogP contribution in [0.3, 0.4) is 0 Å². The molecule has 0 spiro atoms. The van der Waals surface area contributed by atoms with Crippen LogP contribution in [0.4, 0.5) is 0 Å². The highest BCUT2D eigenvalue weighted by Crippen LogP contribution is 2.19. The average Bonchev–Trinajstić information content (AvgIpc) is 2.31. The summed E-state index contributed by atoms with van der Waals surface area (Å²) in [5.74, 6) is 0.125. The molecule has 2 heteroatoms. The smallest absolute Gasteiger partial charge is 0.309 e. The first kappa shape index (κ1) is 7.32. The van der Waals surface area contributed by atoms with Crippen molar-refractivity contribution in [2.75, 3.05) is 6.61 Å². The Balaban J connectivity index is 2.26. The summed E-state index contributed by atoms with van der Waals surface area (Å²) < 4.78 is 4.79. The summed E-state index contributed by atoms with van der Waals surface area (Å²) in [6.07, 6.45) is 4.56. The molecule has 0 amide bonds. The fraction of sp³-hybridized carbons (Fsp3) is 0.625. The lowest BCUT2D eigenvalue weighted by atomic mass is 10.0. The molecule has 2 nitrogen and oxygen atoms in total. The fourth-order valence-electron chi connectivity index (χ4n) is 1.12. The van der Waals surface area contributed by atoms with Gasteiger partial charge in [0, 0.05) is 0 Å². The van der Waals surface area contributed by atoms with Crippen molar-refractivity contribution in [1.82, 2.24) is 0 Å². The standard InChI is InChI=1S/C8H12O2/c1-2-3-4-7-5-6-10-8(7)9/h2,7H,1,3-6H2. The summed E-state index contributed by atoms with van der Waals surface area (Å²) in [6, 6.07) is 0. The van der Waals surface area contributed by atoms with E-state index in [1.54, 1.807) is 0 Å². The zero-order chi connectivity index (χ0) is 7.40. The van der Waals surface area contributed by atoms with Crippen molar-refractivity contribution in [3.05, 3.63) is 12.7 Å². The molecule has 0 N–H and O–H groups in total. The summed E-state index contributed by atoms with van der Waals surface area (Å²) in [5.41, 5.74) is 0. The van der Waals surface area contributed by atoms with Crippen LogP contribution in [0.25, 0.3) is 0 Å². The van der Waals surface area contributed by atoms with Crippen molar-refractivity contribution in [2.45, 2.75) is 19.3 Å². The molecule has 1 heterocycles. The van der Waals surface area contributed by atoms with E-state index >= 15 is 0 Å². The van der Waals surface area contributed by atoms with Gasteiger partial charge in [-0.3, -0.25) is 4.79 Å². The molecule has 56 valence electrons. The van der Waals surface area contributed by atoms with Crippen LogP contribution in [0.2, 0.25) is 0 Å². The monoisotopic (exact) mass is 140 g/mol. The van der Waals surface area contributed by atoms with Gasteiger partial charge in [0.25, 0.3) is 0 Å². The highest BCUT2D eigenvalue weighted by Gasteiger charge is 2.24. The Morgan fingerprint density at radius 1 is 1.80 bits per heavy atom. The van der Waals surface area contributed by atoms with Crippen molar-refractivity contribution in [1.29, 1.82) is 0 Å². The Hall–Kier alpha value is -0.790. The Labute approximate surface area is 60.9 Å². The molecule has 1 unspecified atom stereocenters. The second-order valence-electron chi connectivity index (χ2n) is 2.52. The number of allylic oxidation sites excluding steroid dienone is 1. The predicted octanol–water partition coefficient (Wildman–Crippen LogP) is 1.52. The summed E-state index contributed by atoms with van der Waals surface area (Å²) in [6.45, 7) is 4.21. The summed E-state index contributed by atoms with van der Waals surface area (Å²) >= 11 is 0. The molecule has 10 heavy (non-hydrogen) atoms. The Morgan fingerprint density at radius 3 is 3.10 bits per heavy atom. The molecule has 1 aliphatic rings. The second-order valence-corrected chi connectivity index (χ2v) is 2.52. The third-order valence-electron chi connectivity index (χ3n) is 1.76. The quantitative estimate of drug-likeness (QED) is 0.439. The van der Waals surface area contributed by atoms with E-state index in [0.29, 0.717) is 6.61 Å². The van der Waals surface area contributed by atoms with Gasteiger partial charge in [0.05, 0.1) is 12.5 Å². The highest BCUT2D eigenvalue weighted by molar-refractivity contribution is 5.74. The van der Waals surface area contributed by atoms with Gasteiger partial charge >= 0.3 is 5.97 Å². The van der Waals surface area contributed by atoms with Crippen LogP contribution in [-0.4, -0.2) is 12.6 Å². The molecule has 1 saturated heterocycles. The van der Waals surface area contributed by atoms with E-state index in [4.69, 9.17) is 4.74 Å². The maximum absolute atomic E-state index is 10.8. The van der Waals surface area contributed by atoms with Crippen molar-refractivity contribution in [3.8, 4) is 0 Å². The first-order valence-electron chi connectivity index (χ1n) is 3.62. The molecule has 0 radical (unpaired) electrons. The van der Waals surface area contributed by atoms with Gasteiger partial charge in [0.2, 0.25) is 0 Å². The Morgan fingerprint density at radius 2 is 2.60 bits per heavy atom. The number of rotatable bonds is 3. The van der Waals surface area contributed by atoms with E-state index in [-0.39, 0.29) is 11.9 Å². The van der Waals surface area contributed by atoms with Crippen LogP contribution < -0.4 is 0 Å². The van der Waals surface area contributed by atoms with Crippen molar-refractivity contribution < 1.29 is 9.53 Å². The van der Waals surface area contributed by atoms with E-state index in [9.17, 15) is 4.79 Å². The van der Waals surface area contributed by atoms with Gasteiger partial charge in [-0.1, -0.05) is 6.08 Å². The van der Waals surface area contributed by atoms with Gasteiger partial charge in [0.1, 0.15) is 0 Å². The van der Waals surface area contributed by atoms with Gasteiger partial charge in [-0.15, -0.1) is 6.58 Å². The molecule has 1 atom stereocenters. The lowest BCUT2D eigenvalue weighted by Gasteiger charge is -1.99. The third-order valence-corrected chi connectivity index (χ3v) is 1.76. The fourth-order valence-corrected chi connectivity index (χ4v) is 1.12. The number of carbonyl (C=O) groups is 1. The number of hydrogen-bond acceptors (Lipinski definition) is 2. The van der Waals surface area contributed by atoms with E-state index in [1.807, 2.05) is 6.08 Å². The van der Waals surface area contributed by atoms with E-state index in [0.717, 1.165) is 19.3 Å². The largest absolute Gasteiger partial charge is 0.465 e. The lowest BCUT2D eigenvalue weighted by Crippen LogP contribution is -2.06. The van der Waals surface area contributed by atoms with Gasteiger partial charge < -0.3 is 4.74 Å². The third kappa shape index (κ3) is 1.59. The van der Waals surface area contributed by atoms with Crippen LogP contribution in [-0.2, 0) is 9.53 Å². The molecule has 1 aliphatic heterocycles. The van der Waals surface area contributed by atoms with E-state index in [1.165, 1.54) is 0 Å². The van der Waals surface area contributed by atoms with Gasteiger partial charge in [0.15, 0.2) is 0 Å². The van der Waals surface area contributed by atoms with Crippen LogP contribution in [0.5, 0.6) is 0 Å². The molecular weight excluding hydrogens is 128 g/mol. The number of ether oxygens (including phenoxy) is 1. The van der Waals surface area contributed by atoms with Crippen molar-refractivity contribution in [2.24, 2.45) is 5.92 Å². The van der Waals surface area contributed by atoms with Crippen LogP contribution in [0, 0.1) is 5.92 Å². The number of carbonyl (C=O) groups excluding carboxylic acids is 1. The molecule has 0 saturated carbocycles.